The van der Waals surface area contributed by atoms with Gasteiger partial charge in [-0.3, -0.25) is 0 Å². The molecule has 0 aliphatic rings. The molecule has 2 rings (SSSR count). The van der Waals surface area contributed by atoms with Crippen LogP contribution in [-0.2, 0) is 6.54 Å². The van der Waals surface area contributed by atoms with E-state index in [1.807, 2.05) is 40.8 Å². The molecule has 0 aliphatic heterocycles. The minimum absolute atomic E-state index is 0.700. The topological polar surface area (TPSA) is 29.9 Å². The first kappa shape index (κ1) is 14.2. The highest BCUT2D eigenvalue weighted by molar-refractivity contribution is 7.98. The molecule has 1 unspecified atom stereocenters. The zero-order valence-corrected chi connectivity index (χ0v) is 12.4. The average Bonchev–Trinajstić information content (AvgIpc) is 2.89. The number of nitrogens with one attached hydrogen (secondary N) is 1. The summed E-state index contributed by atoms with van der Waals surface area (Å²) in [6, 6.07) is 12.3. The summed E-state index contributed by atoms with van der Waals surface area (Å²) in [4.78, 5) is 0. The van der Waals surface area contributed by atoms with Gasteiger partial charge in [0.2, 0.25) is 0 Å². The number of rotatable bonds is 7. The molecule has 0 bridgehead atoms. The van der Waals surface area contributed by atoms with Crippen LogP contribution in [0.5, 0.6) is 0 Å². The van der Waals surface area contributed by atoms with Gasteiger partial charge in [-0.15, -0.1) is 0 Å². The Bertz CT molecular complexity index is 481. The molecule has 19 heavy (non-hydrogen) atoms. The molecule has 0 radical (unpaired) electrons. The largest absolute Gasteiger partial charge is 0.311 e. The third-order valence-corrected chi connectivity index (χ3v) is 3.82. The lowest BCUT2D eigenvalue weighted by Crippen LogP contribution is -2.22. The fraction of sp³-hybridized carbons (Fsp3) is 0.400. The first-order valence-corrected chi connectivity index (χ1v) is 7.98. The summed E-state index contributed by atoms with van der Waals surface area (Å²) in [5.41, 5.74) is 2.18. The van der Waals surface area contributed by atoms with Crippen LogP contribution >= 0.6 is 11.8 Å². The average molecular weight is 275 g/mol. The van der Waals surface area contributed by atoms with Crippen LogP contribution in [0.4, 0.5) is 0 Å². The number of hydrogen-bond acceptors (Lipinski definition) is 3. The lowest BCUT2D eigenvalue weighted by molar-refractivity contribution is 0.553. The van der Waals surface area contributed by atoms with Crippen LogP contribution in [0.3, 0.4) is 0 Å². The first-order chi connectivity index (χ1) is 9.29. The van der Waals surface area contributed by atoms with Crippen LogP contribution in [0.15, 0.2) is 42.6 Å². The van der Waals surface area contributed by atoms with Gasteiger partial charge in [0.15, 0.2) is 0 Å². The van der Waals surface area contributed by atoms with E-state index < -0.39 is 0 Å². The molecule has 1 aromatic carbocycles. The second-order valence-electron chi connectivity index (χ2n) is 4.78. The van der Waals surface area contributed by atoms with Crippen LogP contribution in [-0.4, -0.2) is 28.3 Å². The van der Waals surface area contributed by atoms with Gasteiger partial charge in [0, 0.05) is 12.7 Å². The van der Waals surface area contributed by atoms with Crippen LogP contribution in [0, 0.1) is 5.92 Å². The highest BCUT2D eigenvalue weighted by atomic mass is 32.2. The molecule has 3 nitrogen and oxygen atoms in total. The van der Waals surface area contributed by atoms with E-state index in [9.17, 15) is 0 Å². The summed E-state index contributed by atoms with van der Waals surface area (Å²) in [6.07, 6.45) is 4.16. The van der Waals surface area contributed by atoms with Gasteiger partial charge in [0.25, 0.3) is 0 Å². The lowest BCUT2D eigenvalue weighted by atomic mass is 10.2. The van der Waals surface area contributed by atoms with Gasteiger partial charge in [-0.05, 0) is 42.7 Å². The number of benzene rings is 1. The predicted octanol–water partition coefficient (Wildman–Crippen LogP) is 2.96. The van der Waals surface area contributed by atoms with E-state index in [-0.39, 0.29) is 0 Å². The maximum absolute atomic E-state index is 4.57. The fourth-order valence-corrected chi connectivity index (χ4v) is 2.66. The van der Waals surface area contributed by atoms with Gasteiger partial charge in [-0.2, -0.15) is 16.9 Å². The van der Waals surface area contributed by atoms with E-state index in [1.165, 1.54) is 5.75 Å². The van der Waals surface area contributed by atoms with Crippen molar-refractivity contribution >= 4 is 11.8 Å². The molecule has 0 fully saturated rings. The smallest absolute Gasteiger partial charge is 0.0766 e. The van der Waals surface area contributed by atoms with E-state index in [4.69, 9.17) is 0 Å². The van der Waals surface area contributed by atoms with Crippen molar-refractivity contribution in [2.24, 2.45) is 5.92 Å². The summed E-state index contributed by atoms with van der Waals surface area (Å²) < 4.78 is 1.92. The summed E-state index contributed by atoms with van der Waals surface area (Å²) >= 11 is 1.90. The molecular formula is C15H21N3S. The van der Waals surface area contributed by atoms with Crippen LogP contribution in [0.2, 0.25) is 0 Å². The van der Waals surface area contributed by atoms with Crippen molar-refractivity contribution in [3.63, 3.8) is 0 Å². The summed E-state index contributed by atoms with van der Waals surface area (Å²) in [6.45, 7) is 4.14. The van der Waals surface area contributed by atoms with Crippen LogP contribution in [0.1, 0.15) is 12.6 Å². The SMILES string of the molecule is CSCC(C)CNCc1ccn(-c2ccccc2)n1. The zero-order valence-electron chi connectivity index (χ0n) is 11.5. The maximum Gasteiger partial charge on any atom is 0.0766 e. The second kappa shape index (κ2) is 7.36. The number of hydrogen-bond donors (Lipinski definition) is 1. The molecule has 1 aromatic heterocycles. The predicted molar refractivity (Wildman–Crippen MR) is 82.8 cm³/mol. The van der Waals surface area contributed by atoms with Gasteiger partial charge in [-0.25, -0.2) is 4.68 Å². The molecule has 4 heteroatoms. The van der Waals surface area contributed by atoms with Gasteiger partial charge in [0.1, 0.15) is 0 Å². The first-order valence-electron chi connectivity index (χ1n) is 6.59. The Morgan fingerprint density at radius 2 is 2.05 bits per heavy atom. The molecule has 1 heterocycles. The van der Waals surface area contributed by atoms with Crippen LogP contribution < -0.4 is 5.32 Å². The third-order valence-electron chi connectivity index (χ3n) is 2.92. The van der Waals surface area contributed by atoms with Gasteiger partial charge >= 0.3 is 0 Å². The van der Waals surface area contributed by atoms with E-state index >= 15 is 0 Å². The normalized spacial score (nSPS) is 12.5. The van der Waals surface area contributed by atoms with Crippen molar-refractivity contribution in [2.45, 2.75) is 13.5 Å². The van der Waals surface area contributed by atoms with Crippen molar-refractivity contribution in [3.05, 3.63) is 48.3 Å². The molecule has 1 atom stereocenters. The Labute approximate surface area is 119 Å². The van der Waals surface area contributed by atoms with E-state index in [0.717, 1.165) is 24.5 Å². The quantitative estimate of drug-likeness (QED) is 0.842. The Morgan fingerprint density at radius 3 is 2.79 bits per heavy atom. The summed E-state index contributed by atoms with van der Waals surface area (Å²) in [5, 5.41) is 8.03. The highest BCUT2D eigenvalue weighted by Crippen LogP contribution is 2.07. The number of nitrogens with zero attached hydrogens (tertiary/aromatic N) is 2. The highest BCUT2D eigenvalue weighted by Gasteiger charge is 2.03. The molecule has 102 valence electrons. The van der Waals surface area contributed by atoms with E-state index in [0.29, 0.717) is 5.92 Å². The molecule has 0 saturated heterocycles. The number of aromatic nitrogens is 2. The van der Waals surface area contributed by atoms with Crippen molar-refractivity contribution in [1.29, 1.82) is 0 Å². The third kappa shape index (κ3) is 4.40. The Morgan fingerprint density at radius 1 is 1.26 bits per heavy atom. The van der Waals surface area contributed by atoms with Gasteiger partial charge in [-0.1, -0.05) is 25.1 Å². The molecular weight excluding hydrogens is 254 g/mol. The Balaban J connectivity index is 1.85. The molecule has 1 N–H and O–H groups in total. The molecule has 2 aromatic rings. The number of thioether (sulfide) groups is 1. The van der Waals surface area contributed by atoms with E-state index in [2.05, 4.69) is 41.8 Å². The van der Waals surface area contributed by atoms with Crippen molar-refractivity contribution < 1.29 is 0 Å². The minimum atomic E-state index is 0.700. The second-order valence-corrected chi connectivity index (χ2v) is 5.69. The van der Waals surface area contributed by atoms with Crippen molar-refractivity contribution in [2.75, 3.05) is 18.6 Å². The fourth-order valence-electron chi connectivity index (χ4n) is 1.97. The van der Waals surface area contributed by atoms with Crippen molar-refractivity contribution in [1.82, 2.24) is 15.1 Å². The van der Waals surface area contributed by atoms with Gasteiger partial charge < -0.3 is 5.32 Å². The zero-order chi connectivity index (χ0) is 13.5. The monoisotopic (exact) mass is 275 g/mol. The van der Waals surface area contributed by atoms with E-state index in [1.54, 1.807) is 0 Å². The molecule has 0 saturated carbocycles. The molecule has 0 spiro atoms. The molecule has 0 aliphatic carbocycles. The summed E-state index contributed by atoms with van der Waals surface area (Å²) in [5.74, 6) is 1.90. The van der Waals surface area contributed by atoms with Gasteiger partial charge in [0.05, 0.1) is 11.4 Å². The van der Waals surface area contributed by atoms with Crippen molar-refractivity contribution in [3.8, 4) is 5.69 Å². The van der Waals surface area contributed by atoms with Crippen LogP contribution in [0.25, 0.3) is 5.69 Å². The maximum atomic E-state index is 4.57. The summed E-state index contributed by atoms with van der Waals surface area (Å²) in [7, 11) is 0. The minimum Gasteiger partial charge on any atom is -0.311 e. The number of para-hydroxylation sites is 1. The Hall–Kier alpha value is -1.26. The molecule has 0 amide bonds. The Kier molecular flexibility index (Phi) is 5.48. The lowest BCUT2D eigenvalue weighted by Gasteiger charge is -2.09. The standard InChI is InChI=1S/C15H21N3S/c1-13(12-19-2)10-16-11-14-8-9-18(17-14)15-6-4-3-5-7-15/h3-9,13,16H,10-12H2,1-2H3.